The molecular formula is C11H22O5. The molecule has 0 aliphatic carbocycles. The first kappa shape index (κ1) is 15.3. The zero-order chi connectivity index (χ0) is 12.6. The number of carboxylic acids is 1. The van der Waals surface area contributed by atoms with Gasteiger partial charge in [0.15, 0.2) is 0 Å². The molecule has 4 N–H and O–H groups in total. The standard InChI is InChI=1S/C11H22O5/c1-2-3-4-5-6-8(11(15)16)10(14)9(13)7-12/h8-10,12-14H,2-7H2,1H3,(H,15,16). The molecule has 0 aromatic heterocycles. The zero-order valence-electron chi connectivity index (χ0n) is 9.67. The third kappa shape index (κ3) is 5.44. The van der Waals surface area contributed by atoms with Crippen LogP contribution in [0.2, 0.25) is 0 Å². The minimum Gasteiger partial charge on any atom is -0.481 e. The van der Waals surface area contributed by atoms with Crippen molar-refractivity contribution in [3.63, 3.8) is 0 Å². The zero-order valence-corrected chi connectivity index (χ0v) is 9.67. The van der Waals surface area contributed by atoms with Gasteiger partial charge in [-0.2, -0.15) is 0 Å². The molecule has 0 aromatic rings. The van der Waals surface area contributed by atoms with Crippen molar-refractivity contribution in [1.82, 2.24) is 0 Å². The van der Waals surface area contributed by atoms with E-state index in [0.29, 0.717) is 12.8 Å². The maximum Gasteiger partial charge on any atom is 0.309 e. The van der Waals surface area contributed by atoms with Crippen molar-refractivity contribution in [3.8, 4) is 0 Å². The van der Waals surface area contributed by atoms with Crippen molar-refractivity contribution in [2.75, 3.05) is 6.61 Å². The van der Waals surface area contributed by atoms with Crippen LogP contribution in [-0.2, 0) is 4.79 Å². The lowest BCUT2D eigenvalue weighted by molar-refractivity contribution is -0.150. The number of carbonyl (C=O) groups is 1. The van der Waals surface area contributed by atoms with E-state index in [1.54, 1.807) is 0 Å². The van der Waals surface area contributed by atoms with Gasteiger partial charge in [0.1, 0.15) is 6.10 Å². The van der Waals surface area contributed by atoms with Gasteiger partial charge in [-0.3, -0.25) is 4.79 Å². The van der Waals surface area contributed by atoms with Gasteiger partial charge in [0.05, 0.1) is 18.6 Å². The lowest BCUT2D eigenvalue weighted by Gasteiger charge is -2.22. The molecule has 3 unspecified atom stereocenters. The van der Waals surface area contributed by atoms with E-state index in [1.807, 2.05) is 0 Å². The Morgan fingerprint density at radius 3 is 2.25 bits per heavy atom. The first-order valence-corrected chi connectivity index (χ1v) is 5.74. The molecule has 0 fully saturated rings. The van der Waals surface area contributed by atoms with Crippen molar-refractivity contribution in [2.24, 2.45) is 5.92 Å². The summed E-state index contributed by atoms with van der Waals surface area (Å²) in [5, 5.41) is 36.2. The van der Waals surface area contributed by atoms with E-state index in [2.05, 4.69) is 6.92 Å². The largest absolute Gasteiger partial charge is 0.481 e. The minimum atomic E-state index is -1.40. The summed E-state index contributed by atoms with van der Waals surface area (Å²) in [7, 11) is 0. The Morgan fingerprint density at radius 1 is 1.19 bits per heavy atom. The Labute approximate surface area is 95.7 Å². The SMILES string of the molecule is CCCCCCC(C(=O)O)C(O)C(O)CO. The second-order valence-corrected chi connectivity index (χ2v) is 4.03. The molecule has 0 amide bonds. The number of aliphatic hydroxyl groups is 3. The summed E-state index contributed by atoms with van der Waals surface area (Å²) in [6.07, 6.45) is 1.26. The quantitative estimate of drug-likeness (QED) is 0.432. The van der Waals surface area contributed by atoms with Crippen molar-refractivity contribution < 1.29 is 25.2 Å². The van der Waals surface area contributed by atoms with Crippen LogP contribution >= 0.6 is 0 Å². The summed E-state index contributed by atoms with van der Waals surface area (Å²) >= 11 is 0. The number of aliphatic carboxylic acids is 1. The second kappa shape index (κ2) is 8.50. The molecule has 16 heavy (non-hydrogen) atoms. The van der Waals surface area contributed by atoms with Crippen molar-refractivity contribution >= 4 is 5.97 Å². The molecular weight excluding hydrogens is 212 g/mol. The number of carboxylic acid groups (broad SMARTS) is 1. The first-order chi connectivity index (χ1) is 7.54. The summed E-state index contributed by atoms with van der Waals surface area (Å²) in [5.74, 6) is -2.13. The molecule has 0 rings (SSSR count). The predicted molar refractivity (Wildman–Crippen MR) is 59.0 cm³/mol. The maximum absolute atomic E-state index is 10.9. The van der Waals surface area contributed by atoms with Crippen LogP contribution < -0.4 is 0 Å². The van der Waals surface area contributed by atoms with E-state index in [-0.39, 0.29) is 0 Å². The molecule has 0 radical (unpaired) electrons. The van der Waals surface area contributed by atoms with Crippen LogP contribution in [0.4, 0.5) is 0 Å². The van der Waals surface area contributed by atoms with E-state index < -0.39 is 30.7 Å². The monoisotopic (exact) mass is 234 g/mol. The molecule has 3 atom stereocenters. The fourth-order valence-corrected chi connectivity index (χ4v) is 1.61. The van der Waals surface area contributed by atoms with Crippen LogP contribution in [0.15, 0.2) is 0 Å². The van der Waals surface area contributed by atoms with Crippen LogP contribution in [0.25, 0.3) is 0 Å². The number of aliphatic hydroxyl groups excluding tert-OH is 3. The first-order valence-electron chi connectivity index (χ1n) is 5.74. The molecule has 0 aromatic carbocycles. The molecule has 0 bridgehead atoms. The third-order valence-corrected chi connectivity index (χ3v) is 2.68. The Hall–Kier alpha value is -0.650. The Bertz CT molecular complexity index is 195. The average Bonchev–Trinajstić information content (AvgIpc) is 2.26. The van der Waals surface area contributed by atoms with Gasteiger partial charge >= 0.3 is 5.97 Å². The van der Waals surface area contributed by atoms with Gasteiger partial charge in [0, 0.05) is 0 Å². The highest BCUT2D eigenvalue weighted by Crippen LogP contribution is 2.17. The normalized spacial score (nSPS) is 16.8. The maximum atomic E-state index is 10.9. The van der Waals surface area contributed by atoms with E-state index in [9.17, 15) is 15.0 Å². The van der Waals surface area contributed by atoms with Gasteiger partial charge in [0.2, 0.25) is 0 Å². The van der Waals surface area contributed by atoms with Gasteiger partial charge < -0.3 is 20.4 Å². The van der Waals surface area contributed by atoms with Gasteiger partial charge in [-0.1, -0.05) is 32.6 Å². The Morgan fingerprint density at radius 2 is 1.81 bits per heavy atom. The topological polar surface area (TPSA) is 98.0 Å². The molecule has 0 saturated heterocycles. The summed E-state index contributed by atoms with van der Waals surface area (Å²) in [6.45, 7) is 1.43. The van der Waals surface area contributed by atoms with E-state index in [1.165, 1.54) is 0 Å². The predicted octanol–water partition coefficient (Wildman–Crippen LogP) is 0.372. The van der Waals surface area contributed by atoms with E-state index >= 15 is 0 Å². The van der Waals surface area contributed by atoms with Crippen LogP contribution in [0, 0.1) is 5.92 Å². The van der Waals surface area contributed by atoms with Crippen molar-refractivity contribution in [3.05, 3.63) is 0 Å². The minimum absolute atomic E-state index is 0.327. The molecule has 0 aliphatic rings. The van der Waals surface area contributed by atoms with Crippen LogP contribution in [0.1, 0.15) is 39.0 Å². The van der Waals surface area contributed by atoms with Crippen LogP contribution in [0.3, 0.4) is 0 Å². The molecule has 5 nitrogen and oxygen atoms in total. The number of unbranched alkanes of at least 4 members (excludes halogenated alkanes) is 3. The average molecular weight is 234 g/mol. The highest BCUT2D eigenvalue weighted by Gasteiger charge is 2.30. The smallest absolute Gasteiger partial charge is 0.309 e. The Balaban J connectivity index is 4.11. The highest BCUT2D eigenvalue weighted by atomic mass is 16.4. The van der Waals surface area contributed by atoms with E-state index in [4.69, 9.17) is 10.2 Å². The molecule has 0 aliphatic heterocycles. The Kier molecular flexibility index (Phi) is 8.15. The molecule has 5 heteroatoms. The van der Waals surface area contributed by atoms with E-state index in [0.717, 1.165) is 19.3 Å². The van der Waals surface area contributed by atoms with Gasteiger partial charge in [-0.15, -0.1) is 0 Å². The molecule has 0 spiro atoms. The number of rotatable bonds is 9. The van der Waals surface area contributed by atoms with Crippen LogP contribution in [-0.4, -0.2) is 45.2 Å². The lowest BCUT2D eigenvalue weighted by Crippen LogP contribution is -2.39. The fraction of sp³-hybridized carbons (Fsp3) is 0.909. The molecule has 0 saturated carbocycles. The van der Waals surface area contributed by atoms with Gasteiger partial charge in [-0.05, 0) is 6.42 Å². The highest BCUT2D eigenvalue weighted by molar-refractivity contribution is 5.70. The third-order valence-electron chi connectivity index (χ3n) is 2.68. The molecule has 96 valence electrons. The number of hydrogen-bond acceptors (Lipinski definition) is 4. The lowest BCUT2D eigenvalue weighted by atomic mass is 9.92. The summed E-state index contributed by atoms with van der Waals surface area (Å²) in [5.41, 5.74) is 0. The van der Waals surface area contributed by atoms with Crippen molar-refractivity contribution in [1.29, 1.82) is 0 Å². The summed E-state index contributed by atoms with van der Waals surface area (Å²) in [4.78, 5) is 10.9. The fourth-order valence-electron chi connectivity index (χ4n) is 1.61. The second-order valence-electron chi connectivity index (χ2n) is 4.03. The summed E-state index contributed by atoms with van der Waals surface area (Å²) in [6, 6.07) is 0. The number of hydrogen-bond donors (Lipinski definition) is 4. The van der Waals surface area contributed by atoms with Gasteiger partial charge in [-0.25, -0.2) is 0 Å². The summed E-state index contributed by atoms with van der Waals surface area (Å²) < 4.78 is 0. The van der Waals surface area contributed by atoms with Crippen molar-refractivity contribution in [2.45, 2.75) is 51.2 Å². The van der Waals surface area contributed by atoms with Gasteiger partial charge in [0.25, 0.3) is 0 Å². The van der Waals surface area contributed by atoms with Crippen LogP contribution in [0.5, 0.6) is 0 Å². The molecule has 0 heterocycles.